The zero-order valence-corrected chi connectivity index (χ0v) is 14.1. The second-order valence-corrected chi connectivity index (χ2v) is 7.07. The van der Waals surface area contributed by atoms with E-state index in [0.717, 1.165) is 27.5 Å². The number of halogens is 2. The molecular formula is C14H14Br2N2O2. The SMILES string of the molecule is CC1C(=O)NC(C2CC2)C(=O)N1c1cc(Br)ccc1Br. The molecular weight excluding hydrogens is 388 g/mol. The predicted octanol–water partition coefficient (Wildman–Crippen LogP) is 2.84. The van der Waals surface area contributed by atoms with Gasteiger partial charge in [-0.3, -0.25) is 14.5 Å². The number of anilines is 1. The van der Waals surface area contributed by atoms with Crippen molar-refractivity contribution in [3.8, 4) is 0 Å². The molecule has 2 unspecified atom stereocenters. The van der Waals surface area contributed by atoms with Gasteiger partial charge in [-0.15, -0.1) is 0 Å². The van der Waals surface area contributed by atoms with Crippen molar-refractivity contribution in [3.63, 3.8) is 0 Å². The largest absolute Gasteiger partial charge is 0.342 e. The molecule has 2 aliphatic rings. The van der Waals surface area contributed by atoms with Crippen LogP contribution in [0.25, 0.3) is 0 Å². The number of nitrogens with zero attached hydrogens (tertiary/aromatic N) is 1. The average Bonchev–Trinajstić information content (AvgIpc) is 3.22. The Hall–Kier alpha value is -0.880. The fourth-order valence-electron chi connectivity index (χ4n) is 2.54. The average molecular weight is 402 g/mol. The molecule has 1 heterocycles. The van der Waals surface area contributed by atoms with Crippen molar-refractivity contribution >= 4 is 49.4 Å². The van der Waals surface area contributed by atoms with E-state index in [1.54, 1.807) is 11.8 Å². The third-order valence-corrected chi connectivity index (χ3v) is 4.99. The Morgan fingerprint density at radius 3 is 2.60 bits per heavy atom. The normalized spacial score (nSPS) is 26.6. The first-order valence-corrected chi connectivity index (χ1v) is 8.16. The van der Waals surface area contributed by atoms with E-state index in [4.69, 9.17) is 0 Å². The maximum absolute atomic E-state index is 12.7. The van der Waals surface area contributed by atoms with E-state index >= 15 is 0 Å². The number of hydrogen-bond donors (Lipinski definition) is 1. The molecule has 1 aromatic rings. The first-order valence-electron chi connectivity index (χ1n) is 6.57. The van der Waals surface area contributed by atoms with Crippen LogP contribution in [0.4, 0.5) is 5.69 Å². The molecule has 0 aromatic heterocycles. The second kappa shape index (κ2) is 5.15. The fourth-order valence-corrected chi connectivity index (χ4v) is 3.33. The Labute approximate surface area is 134 Å². The lowest BCUT2D eigenvalue weighted by Crippen LogP contribution is -2.63. The highest BCUT2D eigenvalue weighted by atomic mass is 79.9. The number of carbonyl (C=O) groups is 2. The highest BCUT2D eigenvalue weighted by Gasteiger charge is 2.46. The maximum atomic E-state index is 12.7. The van der Waals surface area contributed by atoms with Crippen LogP contribution in [0.2, 0.25) is 0 Å². The van der Waals surface area contributed by atoms with Gasteiger partial charge in [-0.1, -0.05) is 15.9 Å². The molecule has 20 heavy (non-hydrogen) atoms. The summed E-state index contributed by atoms with van der Waals surface area (Å²) in [7, 11) is 0. The topological polar surface area (TPSA) is 49.4 Å². The van der Waals surface area contributed by atoms with E-state index in [-0.39, 0.29) is 17.9 Å². The molecule has 3 rings (SSSR count). The van der Waals surface area contributed by atoms with Crippen LogP contribution >= 0.6 is 31.9 Å². The number of nitrogens with one attached hydrogen (secondary N) is 1. The number of hydrogen-bond acceptors (Lipinski definition) is 2. The van der Waals surface area contributed by atoms with Crippen LogP contribution < -0.4 is 10.2 Å². The van der Waals surface area contributed by atoms with Crippen LogP contribution in [0, 0.1) is 5.92 Å². The molecule has 106 valence electrons. The molecule has 1 aliphatic heterocycles. The number of amides is 2. The van der Waals surface area contributed by atoms with E-state index in [0.29, 0.717) is 5.92 Å². The molecule has 6 heteroatoms. The summed E-state index contributed by atoms with van der Waals surface area (Å²) < 4.78 is 1.69. The van der Waals surface area contributed by atoms with Crippen LogP contribution in [-0.4, -0.2) is 23.9 Å². The van der Waals surface area contributed by atoms with Crippen LogP contribution in [-0.2, 0) is 9.59 Å². The van der Waals surface area contributed by atoms with Crippen molar-refractivity contribution in [1.82, 2.24) is 5.32 Å². The molecule has 1 aliphatic carbocycles. The summed E-state index contributed by atoms with van der Waals surface area (Å²) in [5.74, 6) is 0.194. The van der Waals surface area contributed by atoms with Gasteiger partial charge in [0.25, 0.3) is 5.91 Å². The summed E-state index contributed by atoms with van der Waals surface area (Å²) in [5.41, 5.74) is 0.734. The molecule has 0 spiro atoms. The highest BCUT2D eigenvalue weighted by Crippen LogP contribution is 2.38. The van der Waals surface area contributed by atoms with Crippen LogP contribution in [0.1, 0.15) is 19.8 Å². The lowest BCUT2D eigenvalue weighted by Gasteiger charge is -2.38. The van der Waals surface area contributed by atoms with Gasteiger partial charge in [0.05, 0.1) is 5.69 Å². The van der Waals surface area contributed by atoms with Crippen molar-refractivity contribution in [3.05, 3.63) is 27.1 Å². The molecule has 1 N–H and O–H groups in total. The van der Waals surface area contributed by atoms with Gasteiger partial charge in [0, 0.05) is 8.95 Å². The fraction of sp³-hybridized carbons (Fsp3) is 0.429. The van der Waals surface area contributed by atoms with E-state index in [2.05, 4.69) is 37.2 Å². The molecule has 2 atom stereocenters. The van der Waals surface area contributed by atoms with Gasteiger partial charge in [-0.25, -0.2) is 0 Å². The van der Waals surface area contributed by atoms with Crippen molar-refractivity contribution < 1.29 is 9.59 Å². The summed E-state index contributed by atoms with van der Waals surface area (Å²) in [6.07, 6.45) is 2.02. The Balaban J connectivity index is 2.01. The predicted molar refractivity (Wildman–Crippen MR) is 83.4 cm³/mol. The third kappa shape index (κ3) is 2.39. The first kappa shape index (κ1) is 14.1. The van der Waals surface area contributed by atoms with Gasteiger partial charge < -0.3 is 5.32 Å². The maximum Gasteiger partial charge on any atom is 0.250 e. The van der Waals surface area contributed by atoms with Gasteiger partial charge in [0.15, 0.2) is 0 Å². The lowest BCUT2D eigenvalue weighted by molar-refractivity contribution is -0.134. The van der Waals surface area contributed by atoms with E-state index in [1.807, 2.05) is 18.2 Å². The minimum atomic E-state index is -0.497. The van der Waals surface area contributed by atoms with E-state index < -0.39 is 6.04 Å². The zero-order valence-electron chi connectivity index (χ0n) is 10.9. The molecule has 1 saturated carbocycles. The number of carbonyl (C=O) groups excluding carboxylic acids is 2. The Morgan fingerprint density at radius 1 is 1.25 bits per heavy atom. The minimum Gasteiger partial charge on any atom is -0.342 e. The Kier molecular flexibility index (Phi) is 3.62. The van der Waals surface area contributed by atoms with Crippen molar-refractivity contribution in [1.29, 1.82) is 0 Å². The quantitative estimate of drug-likeness (QED) is 0.828. The molecule has 0 bridgehead atoms. The summed E-state index contributed by atoms with van der Waals surface area (Å²) in [4.78, 5) is 26.4. The number of rotatable bonds is 2. The van der Waals surface area contributed by atoms with Gasteiger partial charge in [-0.05, 0) is 59.8 Å². The summed E-state index contributed by atoms with van der Waals surface area (Å²) in [5, 5.41) is 2.85. The standard InChI is InChI=1S/C14H14Br2N2O2/c1-7-13(19)17-12(8-2-3-8)14(20)18(7)11-6-9(15)4-5-10(11)16/h4-8,12H,2-3H2,1H3,(H,17,19). The summed E-state index contributed by atoms with van der Waals surface area (Å²) in [6, 6.07) is 4.76. The van der Waals surface area contributed by atoms with Gasteiger partial charge >= 0.3 is 0 Å². The smallest absolute Gasteiger partial charge is 0.250 e. The van der Waals surface area contributed by atoms with Crippen molar-refractivity contribution in [2.24, 2.45) is 5.92 Å². The van der Waals surface area contributed by atoms with Crippen molar-refractivity contribution in [2.75, 3.05) is 4.90 Å². The molecule has 1 saturated heterocycles. The Bertz CT molecular complexity index is 587. The summed E-state index contributed by atoms with van der Waals surface area (Å²) >= 11 is 6.88. The van der Waals surface area contributed by atoms with E-state index in [9.17, 15) is 9.59 Å². The monoisotopic (exact) mass is 400 g/mol. The molecule has 0 radical (unpaired) electrons. The molecule has 4 nitrogen and oxygen atoms in total. The minimum absolute atomic E-state index is 0.0154. The van der Waals surface area contributed by atoms with Gasteiger partial charge in [-0.2, -0.15) is 0 Å². The van der Waals surface area contributed by atoms with E-state index in [1.165, 1.54) is 0 Å². The van der Waals surface area contributed by atoms with Crippen LogP contribution in [0.15, 0.2) is 27.1 Å². The molecule has 2 amide bonds. The molecule has 2 fully saturated rings. The van der Waals surface area contributed by atoms with Crippen LogP contribution in [0.5, 0.6) is 0 Å². The number of benzene rings is 1. The zero-order chi connectivity index (χ0) is 14.4. The number of piperazine rings is 1. The highest BCUT2D eigenvalue weighted by molar-refractivity contribution is 9.11. The third-order valence-electron chi connectivity index (χ3n) is 3.83. The Morgan fingerprint density at radius 2 is 1.95 bits per heavy atom. The van der Waals surface area contributed by atoms with Crippen molar-refractivity contribution in [2.45, 2.75) is 31.8 Å². The second-order valence-electron chi connectivity index (χ2n) is 5.30. The first-order chi connectivity index (χ1) is 9.49. The van der Waals surface area contributed by atoms with Crippen LogP contribution in [0.3, 0.4) is 0 Å². The van der Waals surface area contributed by atoms with Gasteiger partial charge in [0.1, 0.15) is 12.1 Å². The summed E-state index contributed by atoms with van der Waals surface area (Å²) in [6.45, 7) is 1.75. The molecule has 1 aromatic carbocycles. The van der Waals surface area contributed by atoms with Gasteiger partial charge in [0.2, 0.25) is 5.91 Å². The lowest BCUT2D eigenvalue weighted by atomic mass is 10.0.